The van der Waals surface area contributed by atoms with Crippen LogP contribution in [0.1, 0.15) is 58.4 Å². The van der Waals surface area contributed by atoms with Crippen LogP contribution >= 0.6 is 0 Å². The highest BCUT2D eigenvalue weighted by Crippen LogP contribution is 2.52. The van der Waals surface area contributed by atoms with Gasteiger partial charge in [0.05, 0.1) is 6.10 Å². The molecule has 2 aliphatic rings. The van der Waals surface area contributed by atoms with E-state index in [0.29, 0.717) is 11.2 Å². The van der Waals surface area contributed by atoms with Crippen LogP contribution in [0.3, 0.4) is 0 Å². The van der Waals surface area contributed by atoms with E-state index in [0.717, 1.165) is 25.7 Å². The number of hydrogen-bond acceptors (Lipinski definition) is 3. The molecule has 0 aromatic heterocycles. The number of ether oxygens (including phenoxy) is 1. The van der Waals surface area contributed by atoms with E-state index in [1.165, 1.54) is 12.0 Å². The van der Waals surface area contributed by atoms with E-state index in [2.05, 4.69) is 20.8 Å². The molecule has 1 aromatic rings. The third-order valence-corrected chi connectivity index (χ3v) is 5.41. The molecule has 2 aliphatic carbocycles. The van der Waals surface area contributed by atoms with E-state index in [1.54, 1.807) is 6.07 Å². The lowest BCUT2D eigenvalue weighted by molar-refractivity contribution is 0.186. The summed E-state index contributed by atoms with van der Waals surface area (Å²) < 4.78 is 6.09. The Balaban J connectivity index is 1.80. The molecule has 0 heterocycles. The largest absolute Gasteiger partial charge is 0.504 e. The fourth-order valence-electron chi connectivity index (χ4n) is 3.71. The van der Waals surface area contributed by atoms with Gasteiger partial charge in [0.1, 0.15) is 0 Å². The van der Waals surface area contributed by atoms with E-state index >= 15 is 0 Å². The molecule has 0 bridgehead atoms. The Kier molecular flexibility index (Phi) is 3.44. The zero-order valence-corrected chi connectivity index (χ0v) is 13.4. The maximum absolute atomic E-state index is 10.1. The van der Waals surface area contributed by atoms with Gasteiger partial charge in [-0.1, -0.05) is 19.9 Å². The van der Waals surface area contributed by atoms with Crippen molar-refractivity contribution < 1.29 is 9.84 Å². The average Bonchev–Trinajstić information content (AvgIpc) is 3.14. The molecule has 2 unspecified atom stereocenters. The van der Waals surface area contributed by atoms with Gasteiger partial charge in [0.2, 0.25) is 0 Å². The van der Waals surface area contributed by atoms with Crippen LogP contribution in [0.15, 0.2) is 18.2 Å². The number of nitrogens with two attached hydrogens (primary N) is 1. The predicted octanol–water partition coefficient (Wildman–Crippen LogP) is 3.73. The maximum atomic E-state index is 10.1. The van der Waals surface area contributed by atoms with Gasteiger partial charge in [-0.2, -0.15) is 0 Å². The number of rotatable bonds is 4. The van der Waals surface area contributed by atoms with Crippen LogP contribution in [0.25, 0.3) is 0 Å². The van der Waals surface area contributed by atoms with Crippen LogP contribution in [0, 0.1) is 5.41 Å². The first-order valence-electron chi connectivity index (χ1n) is 8.08. The number of aromatic hydroxyl groups is 1. The van der Waals surface area contributed by atoms with Crippen LogP contribution in [0.4, 0.5) is 0 Å². The molecular weight excluding hydrogens is 262 g/mol. The standard InChI is InChI=1S/C18H27NO2/c1-12(19)18(8-9-18)13-4-5-15(20)16(10-13)21-14-6-7-17(2,3)11-14/h4-5,10,12,14,20H,6-9,11,19H2,1-3H3. The minimum absolute atomic E-state index is 0.0980. The van der Waals surface area contributed by atoms with Crippen molar-refractivity contribution >= 4 is 0 Å². The van der Waals surface area contributed by atoms with Gasteiger partial charge in [0, 0.05) is 11.5 Å². The molecule has 3 nitrogen and oxygen atoms in total. The summed E-state index contributed by atoms with van der Waals surface area (Å²) in [7, 11) is 0. The fraction of sp³-hybridized carbons (Fsp3) is 0.667. The second-order valence-corrected chi connectivity index (χ2v) is 7.77. The molecular formula is C18H27NO2. The Labute approximate surface area is 127 Å². The molecule has 1 aromatic carbocycles. The van der Waals surface area contributed by atoms with Crippen LogP contribution in [0.2, 0.25) is 0 Å². The molecule has 2 fully saturated rings. The van der Waals surface area contributed by atoms with Crippen molar-refractivity contribution in [1.29, 1.82) is 0 Å². The predicted molar refractivity (Wildman–Crippen MR) is 84.7 cm³/mol. The Bertz CT molecular complexity index is 532. The van der Waals surface area contributed by atoms with E-state index in [1.807, 2.05) is 12.1 Å². The maximum Gasteiger partial charge on any atom is 0.161 e. The van der Waals surface area contributed by atoms with Crippen molar-refractivity contribution in [2.24, 2.45) is 11.1 Å². The molecule has 3 N–H and O–H groups in total. The van der Waals surface area contributed by atoms with E-state index < -0.39 is 0 Å². The summed E-state index contributed by atoms with van der Waals surface area (Å²) in [6.45, 7) is 6.63. The number of benzene rings is 1. The highest BCUT2D eigenvalue weighted by atomic mass is 16.5. The summed E-state index contributed by atoms with van der Waals surface area (Å²) in [4.78, 5) is 0. The Hall–Kier alpha value is -1.22. The molecule has 0 amide bonds. The van der Waals surface area contributed by atoms with E-state index in [-0.39, 0.29) is 23.3 Å². The van der Waals surface area contributed by atoms with Crippen LogP contribution < -0.4 is 10.5 Å². The average molecular weight is 289 g/mol. The van der Waals surface area contributed by atoms with Gasteiger partial charge in [-0.15, -0.1) is 0 Å². The Morgan fingerprint density at radius 2 is 2.00 bits per heavy atom. The van der Waals surface area contributed by atoms with Crippen molar-refractivity contribution in [3.05, 3.63) is 23.8 Å². The van der Waals surface area contributed by atoms with Crippen molar-refractivity contribution in [3.8, 4) is 11.5 Å². The fourth-order valence-corrected chi connectivity index (χ4v) is 3.71. The minimum atomic E-state index is 0.0980. The molecule has 2 saturated carbocycles. The van der Waals surface area contributed by atoms with Gasteiger partial charge in [0.25, 0.3) is 0 Å². The third kappa shape index (κ3) is 2.76. The van der Waals surface area contributed by atoms with Crippen molar-refractivity contribution in [2.75, 3.05) is 0 Å². The SMILES string of the molecule is CC(N)C1(c2ccc(O)c(OC3CCC(C)(C)C3)c2)CC1. The molecule has 0 saturated heterocycles. The van der Waals surface area contributed by atoms with Crippen molar-refractivity contribution in [1.82, 2.24) is 0 Å². The lowest BCUT2D eigenvalue weighted by Gasteiger charge is -2.23. The second kappa shape index (κ2) is 4.91. The Morgan fingerprint density at radius 1 is 1.29 bits per heavy atom. The number of phenolic OH excluding ortho intramolecular Hbond substituents is 1. The summed E-state index contributed by atoms with van der Waals surface area (Å²) in [5.74, 6) is 0.867. The minimum Gasteiger partial charge on any atom is -0.504 e. The van der Waals surface area contributed by atoms with Gasteiger partial charge in [-0.25, -0.2) is 0 Å². The van der Waals surface area contributed by atoms with Gasteiger partial charge in [-0.3, -0.25) is 0 Å². The monoisotopic (exact) mass is 289 g/mol. The highest BCUT2D eigenvalue weighted by molar-refractivity contribution is 5.47. The first kappa shape index (κ1) is 14.7. The molecule has 3 heteroatoms. The smallest absolute Gasteiger partial charge is 0.161 e. The summed E-state index contributed by atoms with van der Waals surface area (Å²) in [5, 5.41) is 10.1. The first-order valence-corrected chi connectivity index (χ1v) is 8.08. The summed E-state index contributed by atoms with van der Waals surface area (Å²) >= 11 is 0. The second-order valence-electron chi connectivity index (χ2n) is 7.77. The highest BCUT2D eigenvalue weighted by Gasteiger charge is 2.47. The lowest BCUT2D eigenvalue weighted by Crippen LogP contribution is -2.31. The molecule has 116 valence electrons. The lowest BCUT2D eigenvalue weighted by atomic mass is 9.89. The summed E-state index contributed by atoms with van der Waals surface area (Å²) in [6, 6.07) is 5.90. The summed E-state index contributed by atoms with van der Waals surface area (Å²) in [6.07, 6.45) is 5.77. The molecule has 0 radical (unpaired) electrons. The zero-order chi connectivity index (χ0) is 15.3. The molecule has 0 spiro atoms. The van der Waals surface area contributed by atoms with Gasteiger partial charge in [0.15, 0.2) is 11.5 Å². The van der Waals surface area contributed by atoms with Gasteiger partial charge >= 0.3 is 0 Å². The molecule has 2 atom stereocenters. The number of phenols is 1. The molecule has 3 rings (SSSR count). The molecule has 21 heavy (non-hydrogen) atoms. The topological polar surface area (TPSA) is 55.5 Å². The number of hydrogen-bond donors (Lipinski definition) is 2. The van der Waals surface area contributed by atoms with Crippen LogP contribution in [0.5, 0.6) is 11.5 Å². The van der Waals surface area contributed by atoms with E-state index in [9.17, 15) is 5.11 Å². The normalized spacial score (nSPS) is 27.3. The quantitative estimate of drug-likeness (QED) is 0.888. The first-order chi connectivity index (χ1) is 9.82. The van der Waals surface area contributed by atoms with Gasteiger partial charge < -0.3 is 15.6 Å². The van der Waals surface area contributed by atoms with Gasteiger partial charge in [-0.05, 0) is 62.1 Å². The summed E-state index contributed by atoms with van der Waals surface area (Å²) in [5.41, 5.74) is 7.81. The van der Waals surface area contributed by atoms with Crippen LogP contribution in [-0.4, -0.2) is 17.3 Å². The van der Waals surface area contributed by atoms with Crippen molar-refractivity contribution in [2.45, 2.75) is 70.4 Å². The Morgan fingerprint density at radius 3 is 2.52 bits per heavy atom. The van der Waals surface area contributed by atoms with Crippen molar-refractivity contribution in [3.63, 3.8) is 0 Å². The zero-order valence-electron chi connectivity index (χ0n) is 13.4. The third-order valence-electron chi connectivity index (χ3n) is 5.41. The molecule has 0 aliphatic heterocycles. The van der Waals surface area contributed by atoms with Crippen LogP contribution in [-0.2, 0) is 5.41 Å². The van der Waals surface area contributed by atoms with E-state index in [4.69, 9.17) is 10.5 Å².